The molecule has 0 amide bonds. The standard InChI is InChI=1S/C11H24O7S/c1-19(13)18-11-10-17-9-8-16-7-6-15-5-4-14-3-2-12/h12H,2-11H2,1H3. The SMILES string of the molecule is CS(=O)OCCOCCOCCOCCOCCO. The van der Waals surface area contributed by atoms with Crippen LogP contribution in [-0.2, 0) is 34.2 Å². The van der Waals surface area contributed by atoms with Gasteiger partial charge in [0, 0.05) is 6.26 Å². The molecule has 7 nitrogen and oxygen atoms in total. The molecule has 0 spiro atoms. The monoisotopic (exact) mass is 300 g/mol. The predicted molar refractivity (Wildman–Crippen MR) is 70.4 cm³/mol. The van der Waals surface area contributed by atoms with Crippen molar-refractivity contribution in [3.05, 3.63) is 0 Å². The van der Waals surface area contributed by atoms with Crippen LogP contribution in [0.25, 0.3) is 0 Å². The largest absolute Gasteiger partial charge is 0.394 e. The zero-order valence-corrected chi connectivity index (χ0v) is 12.2. The Hall–Kier alpha value is -0.0900. The Labute approximate surface area is 116 Å². The third-order valence-electron chi connectivity index (χ3n) is 1.83. The van der Waals surface area contributed by atoms with Crippen LogP contribution in [0.2, 0.25) is 0 Å². The van der Waals surface area contributed by atoms with Crippen molar-refractivity contribution in [2.75, 3.05) is 72.3 Å². The Bertz CT molecular complexity index is 203. The molecule has 1 N–H and O–H groups in total. The second-order valence-electron chi connectivity index (χ2n) is 3.40. The Balaban J connectivity index is 2.93. The van der Waals surface area contributed by atoms with Gasteiger partial charge in [-0.3, -0.25) is 4.18 Å². The van der Waals surface area contributed by atoms with E-state index in [9.17, 15) is 4.21 Å². The van der Waals surface area contributed by atoms with E-state index in [2.05, 4.69) is 0 Å². The summed E-state index contributed by atoms with van der Waals surface area (Å²) in [5, 5.41) is 8.45. The number of aliphatic hydroxyl groups is 1. The predicted octanol–water partition coefficient (Wildman–Crippen LogP) is -0.645. The van der Waals surface area contributed by atoms with Gasteiger partial charge in [-0.25, -0.2) is 4.21 Å². The van der Waals surface area contributed by atoms with E-state index in [1.54, 1.807) is 0 Å². The van der Waals surface area contributed by atoms with Gasteiger partial charge in [-0.15, -0.1) is 0 Å². The van der Waals surface area contributed by atoms with Crippen molar-refractivity contribution in [3.63, 3.8) is 0 Å². The maximum absolute atomic E-state index is 10.5. The van der Waals surface area contributed by atoms with Gasteiger partial charge < -0.3 is 24.1 Å². The highest BCUT2D eigenvalue weighted by atomic mass is 32.2. The molecule has 0 aromatic heterocycles. The summed E-state index contributed by atoms with van der Waals surface area (Å²) in [6.45, 7) is 4.02. The molecule has 8 heteroatoms. The van der Waals surface area contributed by atoms with Gasteiger partial charge in [-0.1, -0.05) is 0 Å². The second kappa shape index (κ2) is 16.0. The van der Waals surface area contributed by atoms with Crippen LogP contribution in [0.3, 0.4) is 0 Å². The van der Waals surface area contributed by atoms with Crippen LogP contribution in [0.4, 0.5) is 0 Å². The number of rotatable bonds is 15. The highest BCUT2D eigenvalue weighted by Gasteiger charge is 1.94. The first-order chi connectivity index (χ1) is 9.27. The smallest absolute Gasteiger partial charge is 0.152 e. The molecule has 116 valence electrons. The van der Waals surface area contributed by atoms with Crippen molar-refractivity contribution in [1.82, 2.24) is 0 Å². The van der Waals surface area contributed by atoms with E-state index in [0.29, 0.717) is 59.5 Å². The number of hydrogen-bond acceptors (Lipinski definition) is 7. The minimum Gasteiger partial charge on any atom is -0.394 e. The minimum atomic E-state index is -1.23. The van der Waals surface area contributed by atoms with Crippen molar-refractivity contribution in [3.8, 4) is 0 Å². The molecule has 0 aliphatic carbocycles. The average Bonchev–Trinajstić information content (AvgIpc) is 2.39. The Morgan fingerprint density at radius 2 is 1.11 bits per heavy atom. The molecule has 0 rings (SSSR count). The third kappa shape index (κ3) is 17.9. The molecule has 0 heterocycles. The van der Waals surface area contributed by atoms with Crippen molar-refractivity contribution >= 4 is 11.1 Å². The molecule has 0 aliphatic rings. The zero-order chi connectivity index (χ0) is 14.2. The van der Waals surface area contributed by atoms with Gasteiger partial charge in [-0.05, 0) is 0 Å². The molecule has 1 atom stereocenters. The van der Waals surface area contributed by atoms with Crippen LogP contribution in [0.5, 0.6) is 0 Å². The number of hydrogen-bond donors (Lipinski definition) is 1. The molecule has 0 aliphatic heterocycles. The van der Waals surface area contributed by atoms with E-state index in [-0.39, 0.29) is 6.61 Å². The summed E-state index contributed by atoms with van der Waals surface area (Å²) < 4.78 is 36.0. The maximum Gasteiger partial charge on any atom is 0.152 e. The lowest BCUT2D eigenvalue weighted by molar-refractivity contribution is -0.00747. The van der Waals surface area contributed by atoms with Crippen molar-refractivity contribution in [2.45, 2.75) is 0 Å². The molecule has 0 saturated heterocycles. The van der Waals surface area contributed by atoms with E-state index < -0.39 is 11.1 Å². The first-order valence-electron chi connectivity index (χ1n) is 6.16. The summed E-state index contributed by atoms with van der Waals surface area (Å²) in [4.78, 5) is 0. The fourth-order valence-corrected chi connectivity index (χ4v) is 1.34. The van der Waals surface area contributed by atoms with Crippen molar-refractivity contribution in [2.24, 2.45) is 0 Å². The minimum absolute atomic E-state index is 0.0301. The van der Waals surface area contributed by atoms with Gasteiger partial charge in [0.05, 0.1) is 66.1 Å². The third-order valence-corrected chi connectivity index (χ3v) is 2.33. The van der Waals surface area contributed by atoms with Crippen molar-refractivity contribution in [1.29, 1.82) is 0 Å². The summed E-state index contributed by atoms with van der Waals surface area (Å²) in [7, 11) is 0. The van der Waals surface area contributed by atoms with E-state index >= 15 is 0 Å². The Kier molecular flexibility index (Phi) is 15.9. The van der Waals surface area contributed by atoms with Gasteiger partial charge in [0.25, 0.3) is 0 Å². The zero-order valence-electron chi connectivity index (χ0n) is 11.4. The summed E-state index contributed by atoms with van der Waals surface area (Å²) in [6.07, 6.45) is 1.47. The summed E-state index contributed by atoms with van der Waals surface area (Å²) >= 11 is -1.23. The molecule has 0 saturated carbocycles. The average molecular weight is 300 g/mol. The molecular weight excluding hydrogens is 276 g/mol. The van der Waals surface area contributed by atoms with Gasteiger partial charge in [0.15, 0.2) is 11.1 Å². The Morgan fingerprint density at radius 3 is 1.47 bits per heavy atom. The lowest BCUT2D eigenvalue weighted by atomic mass is 10.7. The summed E-state index contributed by atoms with van der Waals surface area (Å²) in [5.41, 5.74) is 0. The van der Waals surface area contributed by atoms with Gasteiger partial charge >= 0.3 is 0 Å². The fourth-order valence-electron chi connectivity index (χ4n) is 1.04. The molecule has 19 heavy (non-hydrogen) atoms. The normalized spacial score (nSPS) is 12.7. The molecule has 0 aromatic rings. The van der Waals surface area contributed by atoms with Gasteiger partial charge in [0.1, 0.15) is 0 Å². The van der Waals surface area contributed by atoms with Crippen LogP contribution < -0.4 is 0 Å². The van der Waals surface area contributed by atoms with Gasteiger partial charge in [0.2, 0.25) is 0 Å². The van der Waals surface area contributed by atoms with Crippen LogP contribution in [0.15, 0.2) is 0 Å². The molecule has 0 fully saturated rings. The van der Waals surface area contributed by atoms with Crippen molar-refractivity contribution < 1.29 is 32.4 Å². The summed E-state index contributed by atoms with van der Waals surface area (Å²) in [5.74, 6) is 0. The highest BCUT2D eigenvalue weighted by Crippen LogP contribution is 1.84. The lowest BCUT2D eigenvalue weighted by Gasteiger charge is -2.07. The lowest BCUT2D eigenvalue weighted by Crippen LogP contribution is -2.13. The highest BCUT2D eigenvalue weighted by molar-refractivity contribution is 7.79. The number of ether oxygens (including phenoxy) is 4. The number of aliphatic hydroxyl groups excluding tert-OH is 1. The van der Waals surface area contributed by atoms with Crippen LogP contribution >= 0.6 is 0 Å². The fraction of sp³-hybridized carbons (Fsp3) is 1.00. The van der Waals surface area contributed by atoms with Crippen LogP contribution in [0.1, 0.15) is 0 Å². The van der Waals surface area contributed by atoms with Crippen LogP contribution in [-0.4, -0.2) is 81.6 Å². The molecule has 0 bridgehead atoms. The van der Waals surface area contributed by atoms with E-state index in [1.807, 2.05) is 0 Å². The van der Waals surface area contributed by atoms with Crippen LogP contribution in [0, 0.1) is 0 Å². The second-order valence-corrected chi connectivity index (χ2v) is 4.43. The van der Waals surface area contributed by atoms with Gasteiger partial charge in [-0.2, -0.15) is 0 Å². The maximum atomic E-state index is 10.5. The first-order valence-corrected chi connectivity index (χ1v) is 7.64. The van der Waals surface area contributed by atoms with E-state index in [4.69, 9.17) is 28.2 Å². The Morgan fingerprint density at radius 1 is 0.737 bits per heavy atom. The molecule has 0 radical (unpaired) electrons. The first kappa shape index (κ1) is 18.9. The van der Waals surface area contributed by atoms with E-state index in [1.165, 1.54) is 6.26 Å². The molecule has 1 unspecified atom stereocenters. The molecular formula is C11H24O7S. The van der Waals surface area contributed by atoms with E-state index in [0.717, 1.165) is 0 Å². The quantitative estimate of drug-likeness (QED) is 0.403. The summed E-state index contributed by atoms with van der Waals surface area (Å²) in [6, 6.07) is 0. The molecule has 0 aromatic carbocycles. The topological polar surface area (TPSA) is 83.5 Å².